The van der Waals surface area contributed by atoms with Gasteiger partial charge >= 0.3 is 12.0 Å². The normalized spacial score (nSPS) is 9.70. The van der Waals surface area contributed by atoms with Crippen LogP contribution in [-0.4, -0.2) is 41.0 Å². The van der Waals surface area contributed by atoms with Crippen LogP contribution in [0.4, 0.5) is 4.79 Å². The lowest BCUT2D eigenvalue weighted by atomic mass is 10.4. The van der Waals surface area contributed by atoms with E-state index in [1.165, 1.54) is 12.4 Å². The van der Waals surface area contributed by atoms with Crippen LogP contribution in [-0.2, 0) is 9.53 Å². The second kappa shape index (κ2) is 7.82. The maximum atomic E-state index is 11.5. The molecule has 0 bridgehead atoms. The molecule has 8 heteroatoms. The molecule has 0 unspecified atom stereocenters. The van der Waals surface area contributed by atoms with Gasteiger partial charge in [0.1, 0.15) is 0 Å². The van der Waals surface area contributed by atoms with E-state index in [1.807, 2.05) is 12.2 Å². The molecule has 0 aromatic carbocycles. The molecule has 1 heterocycles. The minimum atomic E-state index is -0.776. The standard InChI is InChI=1S/C12H16N4O4/c1-3-4-13-12(19)16-10(17)7-20-11(18)9-6-14-8(2)5-15-9/h5-6H,3-4,7H2,1-2H3,(H2,13,16,17,19). The summed E-state index contributed by atoms with van der Waals surface area (Å²) in [5.41, 5.74) is 0.658. The lowest BCUT2D eigenvalue weighted by Crippen LogP contribution is -2.41. The Morgan fingerprint density at radius 1 is 1.25 bits per heavy atom. The van der Waals surface area contributed by atoms with Gasteiger partial charge in [-0.2, -0.15) is 0 Å². The summed E-state index contributed by atoms with van der Waals surface area (Å²) in [6.07, 6.45) is 3.42. The first-order valence-corrected chi connectivity index (χ1v) is 6.06. The van der Waals surface area contributed by atoms with Gasteiger partial charge < -0.3 is 10.1 Å². The number of ether oxygens (including phenoxy) is 1. The third-order valence-electron chi connectivity index (χ3n) is 2.11. The Morgan fingerprint density at radius 2 is 2.00 bits per heavy atom. The number of aromatic nitrogens is 2. The number of nitrogens with one attached hydrogen (secondary N) is 2. The summed E-state index contributed by atoms with van der Waals surface area (Å²) >= 11 is 0. The van der Waals surface area contributed by atoms with Crippen LogP contribution in [0.3, 0.4) is 0 Å². The molecular weight excluding hydrogens is 264 g/mol. The van der Waals surface area contributed by atoms with Crippen molar-refractivity contribution in [1.82, 2.24) is 20.6 Å². The van der Waals surface area contributed by atoms with Gasteiger partial charge in [-0.05, 0) is 13.3 Å². The van der Waals surface area contributed by atoms with Crippen molar-refractivity contribution in [3.63, 3.8) is 0 Å². The average molecular weight is 280 g/mol. The first-order chi connectivity index (χ1) is 9.52. The van der Waals surface area contributed by atoms with E-state index in [1.54, 1.807) is 6.92 Å². The summed E-state index contributed by atoms with van der Waals surface area (Å²) in [5.74, 6) is -1.49. The molecule has 3 amide bonds. The lowest BCUT2D eigenvalue weighted by Gasteiger charge is -2.06. The van der Waals surface area contributed by atoms with Crippen molar-refractivity contribution in [3.8, 4) is 0 Å². The smallest absolute Gasteiger partial charge is 0.359 e. The maximum absolute atomic E-state index is 11.5. The Labute approximate surface area is 115 Å². The molecule has 0 spiro atoms. The lowest BCUT2D eigenvalue weighted by molar-refractivity contribution is -0.123. The molecule has 1 aromatic rings. The second-order valence-corrected chi connectivity index (χ2v) is 3.92. The van der Waals surface area contributed by atoms with Gasteiger partial charge in [-0.15, -0.1) is 0 Å². The number of urea groups is 1. The number of carbonyl (C=O) groups excluding carboxylic acids is 3. The zero-order valence-electron chi connectivity index (χ0n) is 11.3. The maximum Gasteiger partial charge on any atom is 0.359 e. The number of nitrogens with zero attached hydrogens (tertiary/aromatic N) is 2. The SMILES string of the molecule is CCCNC(=O)NC(=O)COC(=O)c1cnc(C)cn1. The number of hydrogen-bond acceptors (Lipinski definition) is 6. The van der Waals surface area contributed by atoms with Crippen LogP contribution in [0.15, 0.2) is 12.4 Å². The van der Waals surface area contributed by atoms with Gasteiger partial charge in [-0.3, -0.25) is 15.1 Å². The molecule has 2 N–H and O–H groups in total. The van der Waals surface area contributed by atoms with E-state index < -0.39 is 24.5 Å². The fourth-order valence-corrected chi connectivity index (χ4v) is 1.15. The molecule has 1 rings (SSSR count). The van der Waals surface area contributed by atoms with Crippen molar-refractivity contribution in [2.75, 3.05) is 13.2 Å². The van der Waals surface area contributed by atoms with Gasteiger partial charge in [-0.1, -0.05) is 6.92 Å². The number of rotatable bonds is 5. The van der Waals surface area contributed by atoms with Crippen molar-refractivity contribution < 1.29 is 19.1 Å². The highest BCUT2D eigenvalue weighted by Crippen LogP contribution is 1.96. The van der Waals surface area contributed by atoms with Crippen LogP contribution in [0.5, 0.6) is 0 Å². The summed E-state index contributed by atoms with van der Waals surface area (Å²) in [4.78, 5) is 41.7. The van der Waals surface area contributed by atoms with E-state index in [0.29, 0.717) is 12.2 Å². The minimum Gasteiger partial charge on any atom is -0.451 e. The summed E-state index contributed by atoms with van der Waals surface area (Å²) in [6.45, 7) is 3.50. The van der Waals surface area contributed by atoms with Crippen LogP contribution < -0.4 is 10.6 Å². The van der Waals surface area contributed by atoms with E-state index in [2.05, 4.69) is 15.3 Å². The van der Waals surface area contributed by atoms with Crippen molar-refractivity contribution >= 4 is 17.9 Å². The molecule has 0 aliphatic rings. The number of amides is 3. The van der Waals surface area contributed by atoms with Crippen molar-refractivity contribution in [3.05, 3.63) is 23.8 Å². The zero-order valence-corrected chi connectivity index (χ0v) is 11.3. The summed E-state index contributed by atoms with van der Waals surface area (Å²) in [6, 6.07) is -0.622. The molecule has 0 aliphatic carbocycles. The van der Waals surface area contributed by atoms with Crippen LogP contribution in [0.2, 0.25) is 0 Å². The van der Waals surface area contributed by atoms with E-state index in [4.69, 9.17) is 4.74 Å². The van der Waals surface area contributed by atoms with E-state index in [9.17, 15) is 14.4 Å². The molecule has 0 saturated carbocycles. The summed E-state index contributed by atoms with van der Waals surface area (Å²) in [7, 11) is 0. The number of imide groups is 1. The Hall–Kier alpha value is -2.51. The molecule has 0 aliphatic heterocycles. The van der Waals surface area contributed by atoms with Crippen molar-refractivity contribution in [2.24, 2.45) is 0 Å². The van der Waals surface area contributed by atoms with E-state index >= 15 is 0 Å². The molecule has 0 atom stereocenters. The number of esters is 1. The Kier molecular flexibility index (Phi) is 6.08. The highest BCUT2D eigenvalue weighted by molar-refractivity contribution is 5.96. The number of aryl methyl sites for hydroxylation is 1. The Morgan fingerprint density at radius 3 is 2.60 bits per heavy atom. The summed E-state index contributed by atoms with van der Waals surface area (Å²) < 4.78 is 4.70. The first kappa shape index (κ1) is 15.5. The molecule has 0 fully saturated rings. The Balaban J connectivity index is 2.35. The number of hydrogen-bond donors (Lipinski definition) is 2. The van der Waals surface area contributed by atoms with Gasteiger partial charge in [0, 0.05) is 12.7 Å². The molecule has 1 aromatic heterocycles. The van der Waals surface area contributed by atoms with Gasteiger partial charge in [0.05, 0.1) is 11.9 Å². The molecular formula is C12H16N4O4. The molecule has 0 saturated heterocycles. The van der Waals surface area contributed by atoms with Crippen LogP contribution in [0, 0.1) is 6.92 Å². The largest absolute Gasteiger partial charge is 0.451 e. The third-order valence-corrected chi connectivity index (χ3v) is 2.11. The topological polar surface area (TPSA) is 110 Å². The molecule has 108 valence electrons. The predicted octanol–water partition coefficient (Wildman–Crippen LogP) is 0.178. The van der Waals surface area contributed by atoms with Crippen molar-refractivity contribution in [2.45, 2.75) is 20.3 Å². The van der Waals surface area contributed by atoms with Gasteiger partial charge in [0.2, 0.25) is 0 Å². The van der Waals surface area contributed by atoms with Crippen LogP contribution >= 0.6 is 0 Å². The minimum absolute atomic E-state index is 0.00108. The summed E-state index contributed by atoms with van der Waals surface area (Å²) in [5, 5.41) is 4.48. The van der Waals surface area contributed by atoms with E-state index in [0.717, 1.165) is 6.42 Å². The van der Waals surface area contributed by atoms with Gasteiger partial charge in [0.25, 0.3) is 5.91 Å². The molecule has 20 heavy (non-hydrogen) atoms. The second-order valence-electron chi connectivity index (χ2n) is 3.92. The van der Waals surface area contributed by atoms with Crippen molar-refractivity contribution in [1.29, 1.82) is 0 Å². The molecule has 0 radical (unpaired) electrons. The van der Waals surface area contributed by atoms with Gasteiger partial charge in [0.15, 0.2) is 12.3 Å². The van der Waals surface area contributed by atoms with Gasteiger partial charge in [-0.25, -0.2) is 14.6 Å². The zero-order chi connectivity index (χ0) is 15.0. The third kappa shape index (κ3) is 5.42. The fourth-order valence-electron chi connectivity index (χ4n) is 1.15. The average Bonchev–Trinajstić information content (AvgIpc) is 2.43. The van der Waals surface area contributed by atoms with E-state index in [-0.39, 0.29) is 5.69 Å². The van der Waals surface area contributed by atoms with Crippen LogP contribution in [0.25, 0.3) is 0 Å². The number of carbonyl (C=O) groups is 3. The Bertz CT molecular complexity index is 487. The van der Waals surface area contributed by atoms with Crippen LogP contribution in [0.1, 0.15) is 29.5 Å². The monoisotopic (exact) mass is 280 g/mol. The highest BCUT2D eigenvalue weighted by Gasteiger charge is 2.13. The molecule has 8 nitrogen and oxygen atoms in total. The predicted molar refractivity (Wildman–Crippen MR) is 68.9 cm³/mol. The first-order valence-electron chi connectivity index (χ1n) is 6.06. The quantitative estimate of drug-likeness (QED) is 0.744. The fraction of sp³-hybridized carbons (Fsp3) is 0.417. The highest BCUT2D eigenvalue weighted by atomic mass is 16.5.